The highest BCUT2D eigenvalue weighted by atomic mass is 16.6. The van der Waals surface area contributed by atoms with Crippen molar-refractivity contribution in [1.82, 2.24) is 0 Å². The molecule has 4 rings (SSSR count). The molecule has 0 atom stereocenters. The van der Waals surface area contributed by atoms with Crippen LogP contribution in [0.1, 0.15) is 21.5 Å². The number of hydrogen-bond donors (Lipinski definition) is 0. The molecule has 0 aliphatic heterocycles. The number of non-ortho nitro benzene ring substituents is 2. The lowest BCUT2D eigenvalue weighted by Gasteiger charge is -2.10. The summed E-state index contributed by atoms with van der Waals surface area (Å²) in [4.78, 5) is 45.7. The molecule has 1 aromatic heterocycles. The minimum absolute atomic E-state index is 0.0279. The number of nitro groups is 2. The summed E-state index contributed by atoms with van der Waals surface area (Å²) < 4.78 is 16.4. The Bertz CT molecular complexity index is 1540. The quantitative estimate of drug-likeness (QED) is 0.157. The third kappa shape index (κ3) is 4.83. The SMILES string of the molecule is Cc1ccc(C)c(Oc2coc3cc(OC(=O)c4cc([N+](=O)[O-])cc([N+](=O)[O-])c4)ccc3c2=O)c1. The summed E-state index contributed by atoms with van der Waals surface area (Å²) in [6.45, 7) is 3.73. The molecular formula is C24H16N2O9. The number of benzene rings is 3. The van der Waals surface area contributed by atoms with E-state index in [2.05, 4.69) is 0 Å². The predicted octanol–water partition coefficient (Wildman–Crippen LogP) is 5.24. The molecule has 0 amide bonds. The Labute approximate surface area is 196 Å². The van der Waals surface area contributed by atoms with Crippen molar-refractivity contribution in [3.8, 4) is 17.2 Å². The van der Waals surface area contributed by atoms with Gasteiger partial charge in [0.25, 0.3) is 11.4 Å². The van der Waals surface area contributed by atoms with Crippen molar-refractivity contribution < 1.29 is 28.5 Å². The highest BCUT2D eigenvalue weighted by Gasteiger charge is 2.21. The van der Waals surface area contributed by atoms with Crippen molar-refractivity contribution >= 4 is 28.3 Å². The molecule has 3 aromatic carbocycles. The van der Waals surface area contributed by atoms with Crippen molar-refractivity contribution in [1.29, 1.82) is 0 Å². The summed E-state index contributed by atoms with van der Waals surface area (Å²) in [6, 6.07) is 12.0. The van der Waals surface area contributed by atoms with Crippen molar-refractivity contribution in [3.63, 3.8) is 0 Å². The first kappa shape index (κ1) is 23.1. The zero-order valence-electron chi connectivity index (χ0n) is 18.3. The first-order chi connectivity index (χ1) is 16.6. The summed E-state index contributed by atoms with van der Waals surface area (Å²) >= 11 is 0. The van der Waals surface area contributed by atoms with Crippen LogP contribution >= 0.6 is 0 Å². The number of carbonyl (C=O) groups is 1. The minimum atomic E-state index is -1.06. The molecule has 0 N–H and O–H groups in total. The molecule has 0 aliphatic carbocycles. The van der Waals surface area contributed by atoms with Gasteiger partial charge in [-0.3, -0.25) is 25.0 Å². The van der Waals surface area contributed by atoms with Gasteiger partial charge in [-0.05, 0) is 43.2 Å². The van der Waals surface area contributed by atoms with Crippen molar-refractivity contribution in [2.45, 2.75) is 13.8 Å². The van der Waals surface area contributed by atoms with E-state index in [-0.39, 0.29) is 28.0 Å². The topological polar surface area (TPSA) is 152 Å². The van der Waals surface area contributed by atoms with E-state index in [0.29, 0.717) is 5.75 Å². The van der Waals surface area contributed by atoms with Crippen LogP contribution in [0.25, 0.3) is 11.0 Å². The second-order valence-electron chi connectivity index (χ2n) is 7.60. The standard InChI is InChI=1S/C24H16N2O9/c1-13-3-4-14(2)20(7-13)35-22-12-33-21-11-18(5-6-19(21)23(22)27)34-24(28)15-8-16(25(29)30)10-17(9-15)26(31)32/h3-12H,1-2H3. The van der Waals surface area contributed by atoms with E-state index in [9.17, 15) is 29.8 Å². The number of carbonyl (C=O) groups excluding carboxylic acids is 1. The number of rotatable bonds is 6. The van der Waals surface area contributed by atoms with E-state index < -0.39 is 32.6 Å². The van der Waals surface area contributed by atoms with Gasteiger partial charge in [0.15, 0.2) is 0 Å². The fraction of sp³-hybridized carbons (Fsp3) is 0.0833. The molecule has 0 fully saturated rings. The lowest BCUT2D eigenvalue weighted by atomic mass is 10.1. The maximum Gasteiger partial charge on any atom is 0.344 e. The van der Waals surface area contributed by atoms with Crippen molar-refractivity contribution in [2.75, 3.05) is 0 Å². The van der Waals surface area contributed by atoms with Crippen LogP contribution in [0.3, 0.4) is 0 Å². The molecule has 0 spiro atoms. The van der Waals surface area contributed by atoms with Gasteiger partial charge in [0.05, 0.1) is 26.9 Å². The molecule has 0 unspecified atom stereocenters. The lowest BCUT2D eigenvalue weighted by molar-refractivity contribution is -0.394. The molecule has 35 heavy (non-hydrogen) atoms. The third-order valence-electron chi connectivity index (χ3n) is 5.05. The van der Waals surface area contributed by atoms with E-state index in [1.165, 1.54) is 18.2 Å². The lowest BCUT2D eigenvalue weighted by Crippen LogP contribution is -2.10. The molecule has 0 saturated carbocycles. The summed E-state index contributed by atoms with van der Waals surface area (Å²) in [5, 5.41) is 22.3. The van der Waals surface area contributed by atoms with Gasteiger partial charge in [-0.25, -0.2) is 4.79 Å². The maximum absolute atomic E-state index is 12.9. The van der Waals surface area contributed by atoms with E-state index in [1.54, 1.807) is 6.07 Å². The van der Waals surface area contributed by atoms with Crippen LogP contribution in [0.5, 0.6) is 17.2 Å². The summed E-state index contributed by atoms with van der Waals surface area (Å²) in [7, 11) is 0. The first-order valence-corrected chi connectivity index (χ1v) is 10.1. The van der Waals surface area contributed by atoms with Crippen LogP contribution in [-0.4, -0.2) is 15.8 Å². The molecule has 0 aliphatic rings. The molecular weight excluding hydrogens is 460 g/mol. The first-order valence-electron chi connectivity index (χ1n) is 10.1. The highest BCUT2D eigenvalue weighted by Crippen LogP contribution is 2.28. The van der Waals surface area contributed by atoms with Gasteiger partial charge in [-0.15, -0.1) is 0 Å². The van der Waals surface area contributed by atoms with Gasteiger partial charge in [-0.1, -0.05) is 12.1 Å². The van der Waals surface area contributed by atoms with Crippen LogP contribution in [0.15, 0.2) is 70.1 Å². The van der Waals surface area contributed by atoms with E-state index in [0.717, 1.165) is 35.6 Å². The number of esters is 1. The van der Waals surface area contributed by atoms with E-state index >= 15 is 0 Å². The largest absolute Gasteiger partial charge is 0.460 e. The molecule has 1 heterocycles. The van der Waals surface area contributed by atoms with Crippen LogP contribution in [-0.2, 0) is 0 Å². The Morgan fingerprint density at radius 1 is 0.886 bits per heavy atom. The van der Waals surface area contributed by atoms with E-state index in [4.69, 9.17) is 13.9 Å². The summed E-state index contributed by atoms with van der Waals surface area (Å²) in [6.07, 6.45) is 1.14. The Kier molecular flexibility index (Phi) is 5.98. The summed E-state index contributed by atoms with van der Waals surface area (Å²) in [5.41, 5.74) is -0.211. The summed E-state index contributed by atoms with van der Waals surface area (Å²) in [5.74, 6) is -0.621. The number of hydrogen-bond acceptors (Lipinski definition) is 9. The zero-order valence-corrected chi connectivity index (χ0v) is 18.3. The number of nitrogens with zero attached hydrogens (tertiary/aromatic N) is 2. The third-order valence-corrected chi connectivity index (χ3v) is 5.05. The molecule has 11 heteroatoms. The second-order valence-corrected chi connectivity index (χ2v) is 7.60. The van der Waals surface area contributed by atoms with Gasteiger partial charge in [0.2, 0.25) is 11.2 Å². The molecule has 0 radical (unpaired) electrons. The number of ether oxygens (including phenoxy) is 2. The Morgan fingerprint density at radius 3 is 2.23 bits per heavy atom. The number of nitro benzene ring substituents is 2. The molecule has 0 saturated heterocycles. The maximum atomic E-state index is 12.9. The van der Waals surface area contributed by atoms with Gasteiger partial charge < -0.3 is 13.9 Å². The Morgan fingerprint density at radius 2 is 1.57 bits per heavy atom. The van der Waals surface area contributed by atoms with Crippen LogP contribution < -0.4 is 14.9 Å². The fourth-order valence-corrected chi connectivity index (χ4v) is 3.25. The zero-order chi connectivity index (χ0) is 25.3. The van der Waals surface area contributed by atoms with Gasteiger partial charge in [0.1, 0.15) is 23.3 Å². The van der Waals surface area contributed by atoms with Crippen molar-refractivity contribution in [2.24, 2.45) is 0 Å². The Hall–Kier alpha value is -5.06. The van der Waals surface area contributed by atoms with Gasteiger partial charge in [-0.2, -0.15) is 0 Å². The average molecular weight is 476 g/mol. The normalized spacial score (nSPS) is 10.7. The molecule has 11 nitrogen and oxygen atoms in total. The predicted molar refractivity (Wildman–Crippen MR) is 123 cm³/mol. The highest BCUT2D eigenvalue weighted by molar-refractivity contribution is 5.93. The second kappa shape index (κ2) is 9.06. The number of fused-ring (bicyclic) bond motifs is 1. The van der Waals surface area contributed by atoms with E-state index in [1.807, 2.05) is 26.0 Å². The molecule has 176 valence electrons. The minimum Gasteiger partial charge on any atom is -0.460 e. The Balaban J connectivity index is 1.62. The molecule has 0 bridgehead atoms. The number of aryl methyl sites for hydroxylation is 2. The van der Waals surface area contributed by atoms with Gasteiger partial charge >= 0.3 is 5.97 Å². The average Bonchev–Trinajstić information content (AvgIpc) is 2.82. The van der Waals surface area contributed by atoms with Crippen LogP contribution in [0.4, 0.5) is 11.4 Å². The van der Waals surface area contributed by atoms with Crippen LogP contribution in [0.2, 0.25) is 0 Å². The monoisotopic (exact) mass is 476 g/mol. The molecule has 4 aromatic rings. The fourth-order valence-electron chi connectivity index (χ4n) is 3.25. The van der Waals surface area contributed by atoms with Crippen molar-refractivity contribution in [3.05, 3.63) is 108 Å². The smallest absolute Gasteiger partial charge is 0.344 e. The van der Waals surface area contributed by atoms with Gasteiger partial charge in [0, 0.05) is 18.2 Å². The van der Waals surface area contributed by atoms with Crippen LogP contribution in [0, 0.1) is 34.1 Å².